The molecular weight excluding hydrogens is 191 g/mol. The molecule has 0 amide bonds. The third-order valence-corrected chi connectivity index (χ3v) is 2.30. The Labute approximate surface area is 79.9 Å². The van der Waals surface area contributed by atoms with E-state index in [0.717, 1.165) is 5.56 Å². The van der Waals surface area contributed by atoms with E-state index >= 15 is 0 Å². The maximum atomic E-state index is 12.0. The lowest BCUT2D eigenvalue weighted by atomic mass is 10.1. The zero-order chi connectivity index (χ0) is 10.2. The highest BCUT2D eigenvalue weighted by Gasteiger charge is 2.45. The normalized spacial score (nSPS) is 26.2. The molecule has 1 saturated heterocycles. The maximum Gasteiger partial charge on any atom is 0.390 e. The molecule has 1 aromatic carbocycles. The Morgan fingerprint density at radius 1 is 1.14 bits per heavy atom. The topological polar surface area (TPSA) is 21.9 Å². The molecule has 1 nitrogen and oxygen atoms in total. The number of halogens is 3. The lowest BCUT2D eigenvalue weighted by Crippen LogP contribution is -2.12. The van der Waals surface area contributed by atoms with Crippen LogP contribution in [-0.2, 0) is 0 Å². The van der Waals surface area contributed by atoms with Gasteiger partial charge < -0.3 is 5.32 Å². The predicted molar refractivity (Wildman–Crippen MR) is 46.8 cm³/mol. The molecule has 1 heterocycles. The van der Waals surface area contributed by atoms with Crippen molar-refractivity contribution in [3.8, 4) is 0 Å². The standard InChI is InChI=1S/C10H10F3N/c11-10(12,13)6-8-9(14-8)7-4-2-1-3-5-7/h1-5,8-9,14H,6H2/t8-,9+/m1/s1. The van der Waals surface area contributed by atoms with E-state index in [1.165, 1.54) is 0 Å². The van der Waals surface area contributed by atoms with Gasteiger partial charge >= 0.3 is 6.18 Å². The molecule has 1 N–H and O–H groups in total. The van der Waals surface area contributed by atoms with Crippen molar-refractivity contribution in [2.24, 2.45) is 0 Å². The average Bonchev–Trinajstić information content (AvgIpc) is 2.82. The summed E-state index contributed by atoms with van der Waals surface area (Å²) >= 11 is 0. The molecule has 4 heteroatoms. The molecule has 0 bridgehead atoms. The molecule has 14 heavy (non-hydrogen) atoms. The van der Waals surface area contributed by atoms with Gasteiger partial charge in [-0.1, -0.05) is 30.3 Å². The Bertz CT molecular complexity index is 307. The zero-order valence-corrected chi connectivity index (χ0v) is 7.38. The zero-order valence-electron chi connectivity index (χ0n) is 7.38. The Kier molecular flexibility index (Phi) is 2.23. The first kappa shape index (κ1) is 9.52. The lowest BCUT2D eigenvalue weighted by molar-refractivity contribution is -0.134. The first-order valence-corrected chi connectivity index (χ1v) is 4.44. The van der Waals surface area contributed by atoms with Crippen LogP contribution in [0.5, 0.6) is 0 Å². The van der Waals surface area contributed by atoms with Gasteiger partial charge in [-0.05, 0) is 5.56 Å². The maximum absolute atomic E-state index is 12.0. The summed E-state index contributed by atoms with van der Waals surface area (Å²) in [6, 6.07) is 8.65. The molecular formula is C10H10F3N. The van der Waals surface area contributed by atoms with Gasteiger partial charge in [-0.25, -0.2) is 0 Å². The second-order valence-corrected chi connectivity index (χ2v) is 3.48. The van der Waals surface area contributed by atoms with Crippen LogP contribution in [0.4, 0.5) is 13.2 Å². The molecule has 2 rings (SSSR count). The van der Waals surface area contributed by atoms with E-state index in [2.05, 4.69) is 5.32 Å². The van der Waals surface area contributed by atoms with E-state index in [9.17, 15) is 13.2 Å². The minimum Gasteiger partial charge on any atom is -0.304 e. The molecule has 0 radical (unpaired) electrons. The van der Waals surface area contributed by atoms with Crippen molar-refractivity contribution < 1.29 is 13.2 Å². The fourth-order valence-electron chi connectivity index (χ4n) is 1.59. The number of benzene rings is 1. The minimum atomic E-state index is -4.07. The molecule has 1 fully saturated rings. The van der Waals surface area contributed by atoms with Crippen LogP contribution in [0, 0.1) is 0 Å². The van der Waals surface area contributed by atoms with Gasteiger partial charge in [0.05, 0.1) is 6.42 Å². The molecule has 1 aromatic rings. The Balaban J connectivity index is 1.94. The predicted octanol–water partition coefficient (Wildman–Crippen LogP) is 2.65. The van der Waals surface area contributed by atoms with Gasteiger partial charge in [-0.3, -0.25) is 0 Å². The number of alkyl halides is 3. The first-order chi connectivity index (χ1) is 6.56. The van der Waals surface area contributed by atoms with Crippen LogP contribution in [0.15, 0.2) is 30.3 Å². The fourth-order valence-corrected chi connectivity index (χ4v) is 1.59. The molecule has 1 aliphatic rings. The molecule has 0 spiro atoms. The number of nitrogens with one attached hydrogen (secondary N) is 1. The molecule has 76 valence electrons. The van der Waals surface area contributed by atoms with Crippen LogP contribution in [0.3, 0.4) is 0 Å². The van der Waals surface area contributed by atoms with Crippen molar-refractivity contribution in [1.82, 2.24) is 5.32 Å². The first-order valence-electron chi connectivity index (χ1n) is 4.44. The molecule has 2 atom stereocenters. The molecule has 0 saturated carbocycles. The van der Waals surface area contributed by atoms with Crippen molar-refractivity contribution in [2.75, 3.05) is 0 Å². The van der Waals surface area contributed by atoms with Crippen LogP contribution in [-0.4, -0.2) is 12.2 Å². The van der Waals surface area contributed by atoms with Gasteiger partial charge in [-0.15, -0.1) is 0 Å². The molecule has 1 aliphatic heterocycles. The van der Waals surface area contributed by atoms with Crippen LogP contribution in [0.1, 0.15) is 18.0 Å². The lowest BCUT2D eigenvalue weighted by Gasteiger charge is -2.03. The van der Waals surface area contributed by atoms with Gasteiger partial charge in [0.25, 0.3) is 0 Å². The second kappa shape index (κ2) is 3.28. The Morgan fingerprint density at radius 3 is 2.36 bits per heavy atom. The quantitative estimate of drug-likeness (QED) is 0.730. The second-order valence-electron chi connectivity index (χ2n) is 3.48. The number of hydrogen-bond acceptors (Lipinski definition) is 1. The summed E-state index contributed by atoms with van der Waals surface area (Å²) in [7, 11) is 0. The summed E-state index contributed by atoms with van der Waals surface area (Å²) in [4.78, 5) is 0. The smallest absolute Gasteiger partial charge is 0.304 e. The highest BCUT2D eigenvalue weighted by atomic mass is 19.4. The van der Waals surface area contributed by atoms with Crippen LogP contribution >= 0.6 is 0 Å². The van der Waals surface area contributed by atoms with Crippen molar-refractivity contribution in [2.45, 2.75) is 24.7 Å². The van der Waals surface area contributed by atoms with Crippen LogP contribution in [0.2, 0.25) is 0 Å². The van der Waals surface area contributed by atoms with E-state index in [1.54, 1.807) is 0 Å². The summed E-state index contributed by atoms with van der Waals surface area (Å²) in [6.07, 6.45) is -4.81. The Morgan fingerprint density at radius 2 is 1.79 bits per heavy atom. The summed E-state index contributed by atoms with van der Waals surface area (Å²) < 4.78 is 36.0. The largest absolute Gasteiger partial charge is 0.390 e. The Hall–Kier alpha value is -1.03. The summed E-state index contributed by atoms with van der Waals surface area (Å²) in [5.74, 6) is 0. The average molecular weight is 201 g/mol. The van der Waals surface area contributed by atoms with E-state index < -0.39 is 18.6 Å². The van der Waals surface area contributed by atoms with Crippen molar-refractivity contribution >= 4 is 0 Å². The fraction of sp³-hybridized carbons (Fsp3) is 0.400. The molecule has 0 aliphatic carbocycles. The van der Waals surface area contributed by atoms with Gasteiger partial charge in [0.2, 0.25) is 0 Å². The van der Waals surface area contributed by atoms with Gasteiger partial charge in [0.15, 0.2) is 0 Å². The molecule has 0 unspecified atom stereocenters. The van der Waals surface area contributed by atoms with Gasteiger partial charge in [-0.2, -0.15) is 13.2 Å². The summed E-state index contributed by atoms with van der Waals surface area (Å²) in [5.41, 5.74) is 0.932. The summed E-state index contributed by atoms with van der Waals surface area (Å²) in [6.45, 7) is 0. The van der Waals surface area contributed by atoms with E-state index in [1.807, 2.05) is 30.3 Å². The monoisotopic (exact) mass is 201 g/mol. The van der Waals surface area contributed by atoms with Crippen molar-refractivity contribution in [1.29, 1.82) is 0 Å². The van der Waals surface area contributed by atoms with Gasteiger partial charge in [0.1, 0.15) is 0 Å². The number of rotatable bonds is 2. The van der Waals surface area contributed by atoms with Gasteiger partial charge in [0, 0.05) is 12.1 Å². The van der Waals surface area contributed by atoms with E-state index in [4.69, 9.17) is 0 Å². The van der Waals surface area contributed by atoms with Crippen molar-refractivity contribution in [3.05, 3.63) is 35.9 Å². The van der Waals surface area contributed by atoms with Crippen LogP contribution < -0.4 is 5.32 Å². The SMILES string of the molecule is FC(F)(F)C[C@H]1N[C@H]1c1ccccc1. The third-order valence-electron chi connectivity index (χ3n) is 2.30. The molecule has 0 aromatic heterocycles. The third kappa shape index (κ3) is 2.26. The highest BCUT2D eigenvalue weighted by molar-refractivity contribution is 5.26. The van der Waals surface area contributed by atoms with Crippen molar-refractivity contribution in [3.63, 3.8) is 0 Å². The minimum absolute atomic E-state index is 0.113. The number of hydrogen-bond donors (Lipinski definition) is 1. The highest BCUT2D eigenvalue weighted by Crippen LogP contribution is 2.37. The van der Waals surface area contributed by atoms with Crippen LogP contribution in [0.25, 0.3) is 0 Å². The van der Waals surface area contributed by atoms with E-state index in [0.29, 0.717) is 0 Å². The summed E-state index contributed by atoms with van der Waals surface area (Å²) in [5, 5.41) is 2.82. The van der Waals surface area contributed by atoms with E-state index in [-0.39, 0.29) is 6.04 Å².